The number of hydrogen-bond donors (Lipinski definition) is 1. The van der Waals surface area contributed by atoms with E-state index < -0.39 is 11.4 Å². The van der Waals surface area contributed by atoms with E-state index in [0.29, 0.717) is 6.42 Å². The highest BCUT2D eigenvalue weighted by Crippen LogP contribution is 2.48. The molecule has 27 heavy (non-hydrogen) atoms. The van der Waals surface area contributed by atoms with Crippen LogP contribution in [0.2, 0.25) is 0 Å². The van der Waals surface area contributed by atoms with Gasteiger partial charge in [0.2, 0.25) is 0 Å². The Hall–Kier alpha value is -2.52. The average Bonchev–Trinajstić information content (AvgIpc) is 3.31. The van der Waals surface area contributed by atoms with Crippen LogP contribution < -0.4 is 0 Å². The van der Waals surface area contributed by atoms with Gasteiger partial charge in [-0.1, -0.05) is 80.9 Å². The smallest absolute Gasteiger partial charge is 0.304 e. The Labute approximate surface area is 160 Å². The van der Waals surface area contributed by atoms with Crippen LogP contribution in [-0.2, 0) is 20.9 Å². The predicted octanol–water partition coefficient (Wildman–Crippen LogP) is 5.36. The second-order valence-corrected chi connectivity index (χ2v) is 8.38. The average molecular weight is 362 g/mol. The van der Waals surface area contributed by atoms with Crippen molar-refractivity contribution in [2.75, 3.05) is 0 Å². The summed E-state index contributed by atoms with van der Waals surface area (Å²) in [6.45, 7) is 6.57. The maximum Gasteiger partial charge on any atom is 0.304 e. The fourth-order valence-corrected chi connectivity index (χ4v) is 4.06. The van der Waals surface area contributed by atoms with Gasteiger partial charge in [0, 0.05) is 11.1 Å². The molecule has 0 amide bonds. The van der Waals surface area contributed by atoms with E-state index in [4.69, 9.17) is 9.47 Å². The molecular formula is C24H26O3. The van der Waals surface area contributed by atoms with Crippen LogP contribution in [-0.4, -0.2) is 5.11 Å². The number of benzene rings is 2. The van der Waals surface area contributed by atoms with Crippen LogP contribution in [0, 0.1) is 5.41 Å². The van der Waals surface area contributed by atoms with Crippen molar-refractivity contribution in [2.45, 2.75) is 45.0 Å². The maximum absolute atomic E-state index is 11.6. The SMILES string of the molecule is CC(C)(C)C1=CC(O)(c2ccccc2C2(c3ccccc3)OC=CO2)CC1. The molecule has 4 rings (SSSR count). The third-order valence-corrected chi connectivity index (χ3v) is 5.58. The minimum atomic E-state index is -1.08. The van der Waals surface area contributed by atoms with Crippen LogP contribution in [0.1, 0.15) is 50.3 Å². The van der Waals surface area contributed by atoms with Crippen molar-refractivity contribution in [3.63, 3.8) is 0 Å². The Morgan fingerprint density at radius 3 is 2.04 bits per heavy atom. The van der Waals surface area contributed by atoms with Crippen molar-refractivity contribution < 1.29 is 14.6 Å². The summed E-state index contributed by atoms with van der Waals surface area (Å²) in [5.41, 5.74) is 2.84. The van der Waals surface area contributed by atoms with Gasteiger partial charge in [0.05, 0.1) is 0 Å². The number of ether oxygens (including phenoxy) is 2. The van der Waals surface area contributed by atoms with Gasteiger partial charge in [-0.15, -0.1) is 0 Å². The molecule has 3 nitrogen and oxygen atoms in total. The molecule has 0 saturated heterocycles. The molecule has 0 fully saturated rings. The fraction of sp³-hybridized carbons (Fsp3) is 0.333. The van der Waals surface area contributed by atoms with Gasteiger partial charge in [0.1, 0.15) is 18.1 Å². The standard InChI is InChI=1S/C24H26O3/c1-22(2,3)19-13-14-23(25,17-19)20-11-7-8-12-21(20)24(26-15-16-27-24)18-9-5-4-6-10-18/h4-12,15-17,25H,13-14H2,1-3H3. The molecule has 1 N–H and O–H groups in total. The Bertz CT molecular complexity index is 881. The lowest BCUT2D eigenvalue weighted by atomic mass is 9.83. The summed E-state index contributed by atoms with van der Waals surface area (Å²) < 4.78 is 12.0. The van der Waals surface area contributed by atoms with E-state index >= 15 is 0 Å². The molecule has 2 aromatic carbocycles. The Kier molecular flexibility index (Phi) is 4.15. The number of hydrogen-bond acceptors (Lipinski definition) is 3. The minimum Gasteiger partial charge on any atom is -0.449 e. The molecule has 0 bridgehead atoms. The number of rotatable bonds is 3. The molecule has 1 aliphatic carbocycles. The highest BCUT2D eigenvalue weighted by Gasteiger charge is 2.46. The van der Waals surface area contributed by atoms with Crippen LogP contribution in [0.5, 0.6) is 0 Å². The molecule has 0 spiro atoms. The van der Waals surface area contributed by atoms with Crippen molar-refractivity contribution >= 4 is 0 Å². The van der Waals surface area contributed by atoms with Crippen molar-refractivity contribution in [2.24, 2.45) is 5.41 Å². The quantitative estimate of drug-likeness (QED) is 0.747. The Morgan fingerprint density at radius 1 is 0.852 bits per heavy atom. The molecule has 0 saturated carbocycles. The highest BCUT2D eigenvalue weighted by molar-refractivity contribution is 5.46. The molecular weight excluding hydrogens is 336 g/mol. The van der Waals surface area contributed by atoms with Crippen molar-refractivity contribution in [3.8, 4) is 0 Å². The molecule has 1 heterocycles. The first-order chi connectivity index (χ1) is 12.9. The van der Waals surface area contributed by atoms with Gasteiger partial charge in [0.25, 0.3) is 0 Å². The van der Waals surface area contributed by atoms with E-state index in [2.05, 4.69) is 20.8 Å². The summed E-state index contributed by atoms with van der Waals surface area (Å²) in [5.74, 6) is -1.08. The highest BCUT2D eigenvalue weighted by atomic mass is 16.7. The first-order valence-electron chi connectivity index (χ1n) is 9.46. The largest absolute Gasteiger partial charge is 0.449 e. The molecule has 140 valence electrons. The third kappa shape index (κ3) is 2.96. The maximum atomic E-state index is 11.6. The number of aliphatic hydroxyl groups is 1. The van der Waals surface area contributed by atoms with Crippen LogP contribution in [0.25, 0.3) is 0 Å². The summed E-state index contributed by atoms with van der Waals surface area (Å²) >= 11 is 0. The van der Waals surface area contributed by atoms with E-state index in [1.807, 2.05) is 60.7 Å². The summed E-state index contributed by atoms with van der Waals surface area (Å²) in [7, 11) is 0. The van der Waals surface area contributed by atoms with E-state index in [-0.39, 0.29) is 5.41 Å². The van der Waals surface area contributed by atoms with Gasteiger partial charge in [-0.3, -0.25) is 0 Å². The summed E-state index contributed by atoms with van der Waals surface area (Å²) in [6.07, 6.45) is 6.71. The van der Waals surface area contributed by atoms with Gasteiger partial charge in [0.15, 0.2) is 0 Å². The van der Waals surface area contributed by atoms with Gasteiger partial charge in [-0.2, -0.15) is 0 Å². The monoisotopic (exact) mass is 362 g/mol. The van der Waals surface area contributed by atoms with E-state index in [1.165, 1.54) is 5.57 Å². The van der Waals surface area contributed by atoms with E-state index in [1.54, 1.807) is 12.5 Å². The molecule has 1 atom stereocenters. The van der Waals surface area contributed by atoms with Crippen molar-refractivity contribution in [1.82, 2.24) is 0 Å². The molecule has 3 heteroatoms. The zero-order valence-corrected chi connectivity index (χ0v) is 16.1. The van der Waals surface area contributed by atoms with E-state index in [0.717, 1.165) is 23.1 Å². The molecule has 0 aromatic heterocycles. The lowest BCUT2D eigenvalue weighted by Crippen LogP contribution is -2.33. The number of allylic oxidation sites excluding steroid dienone is 1. The topological polar surface area (TPSA) is 38.7 Å². The van der Waals surface area contributed by atoms with Gasteiger partial charge < -0.3 is 14.6 Å². The second-order valence-electron chi connectivity index (χ2n) is 8.38. The zero-order chi connectivity index (χ0) is 19.1. The van der Waals surface area contributed by atoms with Gasteiger partial charge >= 0.3 is 5.79 Å². The van der Waals surface area contributed by atoms with Crippen LogP contribution in [0.4, 0.5) is 0 Å². The van der Waals surface area contributed by atoms with Gasteiger partial charge in [-0.25, -0.2) is 0 Å². The normalized spacial score (nSPS) is 23.6. The molecule has 0 radical (unpaired) electrons. The predicted molar refractivity (Wildman–Crippen MR) is 106 cm³/mol. The van der Waals surface area contributed by atoms with Crippen LogP contribution >= 0.6 is 0 Å². The first-order valence-corrected chi connectivity index (χ1v) is 9.46. The lowest BCUT2D eigenvalue weighted by molar-refractivity contribution is -0.115. The first kappa shape index (κ1) is 17.9. The second kappa shape index (κ2) is 6.28. The van der Waals surface area contributed by atoms with E-state index in [9.17, 15) is 5.11 Å². The lowest BCUT2D eigenvalue weighted by Gasteiger charge is -2.34. The molecule has 2 aromatic rings. The summed E-state index contributed by atoms with van der Waals surface area (Å²) in [5, 5.41) is 11.6. The van der Waals surface area contributed by atoms with Gasteiger partial charge in [-0.05, 0) is 29.9 Å². The third-order valence-electron chi connectivity index (χ3n) is 5.58. The summed E-state index contributed by atoms with van der Waals surface area (Å²) in [6, 6.07) is 17.7. The Morgan fingerprint density at radius 2 is 1.44 bits per heavy atom. The minimum absolute atomic E-state index is 0.0401. The Balaban J connectivity index is 1.86. The molecule has 2 aliphatic rings. The molecule has 1 aliphatic heterocycles. The zero-order valence-electron chi connectivity index (χ0n) is 16.1. The van der Waals surface area contributed by atoms with Crippen LogP contribution in [0.3, 0.4) is 0 Å². The summed E-state index contributed by atoms with van der Waals surface area (Å²) in [4.78, 5) is 0. The van der Waals surface area contributed by atoms with Crippen molar-refractivity contribution in [3.05, 3.63) is 95.5 Å². The molecule has 1 unspecified atom stereocenters. The fourth-order valence-electron chi connectivity index (χ4n) is 4.06. The van der Waals surface area contributed by atoms with Crippen molar-refractivity contribution in [1.29, 1.82) is 0 Å². The van der Waals surface area contributed by atoms with Crippen LogP contribution in [0.15, 0.2) is 78.8 Å².